The minimum atomic E-state index is -0.590. The number of nitrogens with zero attached hydrogens (tertiary/aromatic N) is 2. The predicted octanol–water partition coefficient (Wildman–Crippen LogP) is 3.77. The second kappa shape index (κ2) is 7.96. The molecule has 0 unspecified atom stereocenters. The highest BCUT2D eigenvalue weighted by Crippen LogP contribution is 2.23. The smallest absolute Gasteiger partial charge is 0.318 e. The fourth-order valence-electron chi connectivity index (χ4n) is 2.14. The maximum Gasteiger partial charge on any atom is 0.331 e. The maximum absolute atomic E-state index is 12.4. The van der Waals surface area contributed by atoms with Crippen molar-refractivity contribution in [3.05, 3.63) is 64.2 Å². The number of benzene rings is 2. The van der Waals surface area contributed by atoms with Gasteiger partial charge in [-0.05, 0) is 29.7 Å². The average Bonchev–Trinajstić information content (AvgIpc) is 2.62. The third-order valence-corrected chi connectivity index (χ3v) is 3.44. The van der Waals surface area contributed by atoms with Crippen molar-refractivity contribution in [2.75, 3.05) is 0 Å². The normalized spacial score (nSPS) is 11.0. The summed E-state index contributed by atoms with van der Waals surface area (Å²) in [5.74, 6) is -0.911. The fraction of sp³-hybridized carbons (Fsp3) is 0.167. The van der Waals surface area contributed by atoms with Crippen molar-refractivity contribution in [3.63, 3.8) is 0 Å². The quantitative estimate of drug-likeness (QED) is 0.262. The van der Waals surface area contributed by atoms with Gasteiger partial charge in [-0.3, -0.25) is 14.9 Å². The average molecular weight is 340 g/mol. The molecule has 2 aromatic rings. The van der Waals surface area contributed by atoms with Crippen LogP contribution in [0, 0.1) is 10.1 Å². The first-order valence-electron chi connectivity index (χ1n) is 7.56. The summed E-state index contributed by atoms with van der Waals surface area (Å²) < 4.78 is 0. The van der Waals surface area contributed by atoms with Gasteiger partial charge in [0.25, 0.3) is 5.69 Å². The van der Waals surface area contributed by atoms with Crippen molar-refractivity contribution in [1.82, 2.24) is 0 Å². The highest BCUT2D eigenvalue weighted by atomic mass is 16.7. The van der Waals surface area contributed by atoms with E-state index in [0.717, 1.165) is 11.1 Å². The number of hydrogen-bond acceptors (Lipinski definition) is 6. The van der Waals surface area contributed by atoms with Gasteiger partial charge < -0.3 is 4.84 Å². The Bertz CT molecular complexity index is 824. The van der Waals surface area contributed by atoms with Gasteiger partial charge in [-0.1, -0.05) is 36.3 Å². The number of hydrogen-bond donors (Lipinski definition) is 0. The maximum atomic E-state index is 12.4. The summed E-state index contributed by atoms with van der Waals surface area (Å²) in [6.45, 7) is 2.95. The molecule has 0 heterocycles. The van der Waals surface area contributed by atoms with Gasteiger partial charge in [0, 0.05) is 24.6 Å². The van der Waals surface area contributed by atoms with Gasteiger partial charge in [-0.2, -0.15) is 0 Å². The predicted molar refractivity (Wildman–Crippen MR) is 92.4 cm³/mol. The first-order chi connectivity index (χ1) is 11.9. The summed E-state index contributed by atoms with van der Waals surface area (Å²) in [6, 6.07) is 12.9. The number of non-ortho nitro benzene ring substituents is 1. The summed E-state index contributed by atoms with van der Waals surface area (Å²) in [5.41, 5.74) is 2.21. The molecule has 0 aromatic heterocycles. The van der Waals surface area contributed by atoms with Crippen LogP contribution in [0.15, 0.2) is 53.7 Å². The van der Waals surface area contributed by atoms with Crippen molar-refractivity contribution in [2.24, 2.45) is 5.16 Å². The summed E-state index contributed by atoms with van der Waals surface area (Å²) in [6.07, 6.45) is 0.330. The van der Waals surface area contributed by atoms with E-state index in [1.165, 1.54) is 19.1 Å². The van der Waals surface area contributed by atoms with Crippen LogP contribution in [0.4, 0.5) is 5.69 Å². The Morgan fingerprint density at radius 2 is 1.56 bits per heavy atom. The molecule has 0 radical (unpaired) electrons. The van der Waals surface area contributed by atoms with Crippen molar-refractivity contribution in [3.8, 4) is 11.1 Å². The molecule has 2 rings (SSSR count). The molecule has 7 heteroatoms. The SMILES string of the molecule is CC/C(=N/OC(C)=O)C(=O)c1ccc(-c2ccc([N+](=O)[O-])cc2)cc1. The van der Waals surface area contributed by atoms with Crippen LogP contribution in [0.2, 0.25) is 0 Å². The lowest BCUT2D eigenvalue weighted by molar-refractivity contribution is -0.384. The lowest BCUT2D eigenvalue weighted by atomic mass is 10.00. The Morgan fingerprint density at radius 3 is 2.00 bits per heavy atom. The zero-order valence-electron chi connectivity index (χ0n) is 13.8. The summed E-state index contributed by atoms with van der Waals surface area (Å²) >= 11 is 0. The molecule has 0 bridgehead atoms. The van der Waals surface area contributed by atoms with Gasteiger partial charge in [0.1, 0.15) is 5.71 Å². The minimum Gasteiger partial charge on any atom is -0.318 e. The molecule has 128 valence electrons. The molecule has 0 fully saturated rings. The molecule has 0 spiro atoms. The molecule has 0 atom stereocenters. The molecule has 0 aliphatic carbocycles. The van der Waals surface area contributed by atoms with Gasteiger partial charge >= 0.3 is 5.97 Å². The van der Waals surface area contributed by atoms with E-state index >= 15 is 0 Å². The van der Waals surface area contributed by atoms with Gasteiger partial charge in [-0.25, -0.2) is 4.79 Å². The molecule has 0 aliphatic heterocycles. The van der Waals surface area contributed by atoms with E-state index in [9.17, 15) is 19.7 Å². The first kappa shape index (κ1) is 18.0. The number of nitro benzene ring substituents is 1. The summed E-state index contributed by atoms with van der Waals surface area (Å²) in [4.78, 5) is 37.9. The lowest BCUT2D eigenvalue weighted by Gasteiger charge is -2.05. The zero-order chi connectivity index (χ0) is 18.4. The Hall–Kier alpha value is -3.35. The van der Waals surface area contributed by atoms with E-state index in [4.69, 9.17) is 0 Å². The van der Waals surface area contributed by atoms with E-state index in [0.29, 0.717) is 12.0 Å². The van der Waals surface area contributed by atoms with Gasteiger partial charge in [0.15, 0.2) is 0 Å². The van der Waals surface area contributed by atoms with Crippen LogP contribution in [0.3, 0.4) is 0 Å². The van der Waals surface area contributed by atoms with E-state index < -0.39 is 10.9 Å². The van der Waals surface area contributed by atoms with Crippen LogP contribution in [0.5, 0.6) is 0 Å². The van der Waals surface area contributed by atoms with Crippen molar-refractivity contribution < 1.29 is 19.3 Å². The topological polar surface area (TPSA) is 98.9 Å². The molecule has 0 aliphatic rings. The standard InChI is InChI=1S/C18H16N2O5/c1-3-17(19-25-12(2)21)18(22)15-6-4-13(5-7-15)14-8-10-16(11-9-14)20(23)24/h4-11H,3H2,1-2H3/b19-17-. The molecular weight excluding hydrogens is 324 g/mol. The molecule has 0 amide bonds. The summed E-state index contributed by atoms with van der Waals surface area (Å²) in [5, 5.41) is 14.3. The monoisotopic (exact) mass is 340 g/mol. The van der Waals surface area contributed by atoms with Crippen LogP contribution in [0.25, 0.3) is 11.1 Å². The largest absolute Gasteiger partial charge is 0.331 e. The van der Waals surface area contributed by atoms with E-state index in [-0.39, 0.29) is 17.2 Å². The molecule has 0 saturated carbocycles. The van der Waals surface area contributed by atoms with Crippen LogP contribution in [0.1, 0.15) is 30.6 Å². The third-order valence-electron chi connectivity index (χ3n) is 3.44. The molecule has 2 aromatic carbocycles. The minimum absolute atomic E-state index is 0.0184. The second-order valence-corrected chi connectivity index (χ2v) is 5.18. The first-order valence-corrected chi connectivity index (χ1v) is 7.56. The van der Waals surface area contributed by atoms with Crippen LogP contribution < -0.4 is 0 Å². The fourth-order valence-corrected chi connectivity index (χ4v) is 2.14. The summed E-state index contributed by atoms with van der Waals surface area (Å²) in [7, 11) is 0. The van der Waals surface area contributed by atoms with Crippen LogP contribution >= 0.6 is 0 Å². The lowest BCUT2D eigenvalue weighted by Crippen LogP contribution is -2.14. The van der Waals surface area contributed by atoms with Crippen molar-refractivity contribution in [2.45, 2.75) is 20.3 Å². The van der Waals surface area contributed by atoms with Crippen LogP contribution in [-0.2, 0) is 9.63 Å². The Balaban J connectivity index is 2.21. The van der Waals surface area contributed by atoms with Crippen LogP contribution in [-0.4, -0.2) is 22.4 Å². The van der Waals surface area contributed by atoms with E-state index in [1.54, 1.807) is 43.3 Å². The Morgan fingerprint density at radius 1 is 1.04 bits per heavy atom. The molecule has 25 heavy (non-hydrogen) atoms. The third kappa shape index (κ3) is 4.57. The molecule has 7 nitrogen and oxygen atoms in total. The number of carbonyl (C=O) groups is 2. The van der Waals surface area contributed by atoms with Gasteiger partial charge in [-0.15, -0.1) is 0 Å². The Kier molecular flexibility index (Phi) is 5.73. The number of oxime groups is 1. The number of rotatable bonds is 6. The van der Waals surface area contributed by atoms with E-state index in [1.807, 2.05) is 0 Å². The number of nitro groups is 1. The van der Waals surface area contributed by atoms with Gasteiger partial charge in [0.05, 0.1) is 4.92 Å². The van der Waals surface area contributed by atoms with E-state index in [2.05, 4.69) is 9.99 Å². The van der Waals surface area contributed by atoms with Gasteiger partial charge in [0.2, 0.25) is 5.78 Å². The zero-order valence-corrected chi connectivity index (χ0v) is 13.8. The highest BCUT2D eigenvalue weighted by Gasteiger charge is 2.14. The Labute approximate surface area is 144 Å². The highest BCUT2D eigenvalue weighted by molar-refractivity contribution is 6.45. The number of Topliss-reactive ketones (excluding diaryl/α,β-unsaturated/α-hetero) is 1. The number of ketones is 1. The molecule has 0 N–H and O–H groups in total. The molecular formula is C18H16N2O5. The van der Waals surface area contributed by atoms with Crippen molar-refractivity contribution in [1.29, 1.82) is 0 Å². The number of carbonyl (C=O) groups excluding carboxylic acids is 2. The second-order valence-electron chi connectivity index (χ2n) is 5.18. The van der Waals surface area contributed by atoms with Crippen molar-refractivity contribution >= 4 is 23.2 Å². The molecule has 0 saturated heterocycles.